The molecule has 1 fully saturated rings. The van der Waals surface area contributed by atoms with E-state index in [1.165, 1.54) is 24.8 Å². The molecule has 2 aromatic rings. The van der Waals surface area contributed by atoms with Crippen molar-refractivity contribution in [2.75, 3.05) is 13.1 Å². The van der Waals surface area contributed by atoms with Gasteiger partial charge >= 0.3 is 35.6 Å². The summed E-state index contributed by atoms with van der Waals surface area (Å²) in [5, 5.41) is 12.7. The van der Waals surface area contributed by atoms with Crippen molar-refractivity contribution in [2.45, 2.75) is 58.9 Å². The number of hydrogen-bond acceptors (Lipinski definition) is 2. The average Bonchev–Trinajstić information content (AvgIpc) is 2.68. The van der Waals surface area contributed by atoms with Gasteiger partial charge in [-0.15, -0.1) is 0 Å². The first-order chi connectivity index (χ1) is 14.2. The number of benzene rings is 2. The van der Waals surface area contributed by atoms with Gasteiger partial charge in [-0.25, -0.2) is 4.39 Å². The van der Waals surface area contributed by atoms with Crippen molar-refractivity contribution >= 4 is 37.8 Å². The molecule has 3 rings (SSSR count). The van der Waals surface area contributed by atoms with Gasteiger partial charge in [-0.2, -0.15) is 0 Å². The van der Waals surface area contributed by atoms with Gasteiger partial charge in [-0.05, 0) is 78.5 Å². The van der Waals surface area contributed by atoms with Crippen LogP contribution < -0.4 is 10.6 Å². The van der Waals surface area contributed by atoms with Crippen molar-refractivity contribution in [1.29, 1.82) is 0 Å². The molecule has 7 heteroatoms. The second kappa shape index (κ2) is 12.2. The SMILES string of the molecule is Cc1cc(C(C)(C)C)cc(Pc2ccc(F)cc2CN2CCCCC2)c1O.[Cl][Ti][Cl]. The molecule has 0 spiro atoms. The van der Waals surface area contributed by atoms with E-state index in [0.717, 1.165) is 41.4 Å². The maximum atomic E-state index is 13.9. The second-order valence-corrected chi connectivity index (χ2v) is 12.7. The third-order valence-corrected chi connectivity index (χ3v) is 6.75. The zero-order valence-electron chi connectivity index (χ0n) is 18.2. The molecule has 2 aromatic carbocycles. The topological polar surface area (TPSA) is 23.5 Å². The number of hydrogen-bond donors (Lipinski definition) is 1. The molecule has 0 radical (unpaired) electrons. The third kappa shape index (κ3) is 7.77. The van der Waals surface area contributed by atoms with Crippen LogP contribution >= 0.6 is 27.2 Å². The number of aromatic hydroxyl groups is 1. The number of rotatable bonds is 4. The zero-order valence-corrected chi connectivity index (χ0v) is 22.2. The molecule has 0 amide bonds. The van der Waals surface area contributed by atoms with Crippen LogP contribution in [0, 0.1) is 12.7 Å². The van der Waals surface area contributed by atoms with Crippen molar-refractivity contribution < 1.29 is 26.5 Å². The number of aryl methyl sites for hydroxylation is 1. The third-order valence-electron chi connectivity index (χ3n) is 5.35. The first-order valence-electron chi connectivity index (χ1n) is 10.2. The molecule has 1 saturated heterocycles. The Morgan fingerprint density at radius 3 is 2.30 bits per heavy atom. The molecule has 30 heavy (non-hydrogen) atoms. The van der Waals surface area contributed by atoms with Gasteiger partial charge in [0, 0.05) is 11.8 Å². The second-order valence-electron chi connectivity index (χ2n) is 8.77. The Labute approximate surface area is 199 Å². The minimum absolute atomic E-state index is 0.0249. The summed E-state index contributed by atoms with van der Waals surface area (Å²) in [6.45, 7) is 11.5. The van der Waals surface area contributed by atoms with Gasteiger partial charge in [0.15, 0.2) is 0 Å². The summed E-state index contributed by atoms with van der Waals surface area (Å²) in [6.07, 6.45) is 3.74. The van der Waals surface area contributed by atoms with Crippen LogP contribution in [-0.4, -0.2) is 23.1 Å². The Balaban J connectivity index is 0.00000101. The molecule has 1 unspecified atom stereocenters. The number of piperidine rings is 1. The van der Waals surface area contributed by atoms with Gasteiger partial charge in [0.2, 0.25) is 0 Å². The van der Waals surface area contributed by atoms with Gasteiger partial charge < -0.3 is 5.11 Å². The van der Waals surface area contributed by atoms with Crippen molar-refractivity contribution in [2.24, 2.45) is 0 Å². The first kappa shape index (κ1) is 26.1. The number of likely N-dealkylation sites (tertiary alicyclic amines) is 1. The summed E-state index contributed by atoms with van der Waals surface area (Å²) in [5.74, 6) is 0.189. The molecule has 1 heterocycles. The molecule has 2 nitrogen and oxygen atoms in total. The zero-order chi connectivity index (χ0) is 22.3. The van der Waals surface area contributed by atoms with Crippen molar-refractivity contribution in [3.63, 3.8) is 0 Å². The molecule has 0 aromatic heterocycles. The fourth-order valence-corrected chi connectivity index (χ4v) is 4.94. The number of nitrogens with zero attached hydrogens (tertiary/aromatic N) is 1. The van der Waals surface area contributed by atoms with Crippen LogP contribution in [0.5, 0.6) is 5.75 Å². The molecule has 0 saturated carbocycles. The predicted octanol–water partition coefficient (Wildman–Crippen LogP) is 6.13. The van der Waals surface area contributed by atoms with E-state index in [9.17, 15) is 9.50 Å². The van der Waals surface area contributed by atoms with E-state index in [1.807, 2.05) is 13.0 Å². The van der Waals surface area contributed by atoms with Crippen molar-refractivity contribution in [1.82, 2.24) is 4.90 Å². The number of halogens is 3. The molecule has 1 N–H and O–H groups in total. The van der Waals surface area contributed by atoms with Crippen LogP contribution in [-0.2, 0) is 29.0 Å². The molecule has 1 atom stereocenters. The molecule has 0 bridgehead atoms. The Morgan fingerprint density at radius 2 is 1.70 bits per heavy atom. The van der Waals surface area contributed by atoms with Crippen LogP contribution in [0.15, 0.2) is 30.3 Å². The molecule has 1 aliphatic rings. The molecule has 164 valence electrons. The summed E-state index contributed by atoms with van der Waals surface area (Å²) >= 11 is -0.556. The fraction of sp³-hybridized carbons (Fsp3) is 0.478. The summed E-state index contributed by atoms with van der Waals surface area (Å²) in [4.78, 5) is 2.42. The Bertz CT molecular complexity index is 839. The van der Waals surface area contributed by atoms with Crippen molar-refractivity contribution in [3.8, 4) is 5.75 Å². The van der Waals surface area contributed by atoms with Gasteiger partial charge in [0.05, 0.1) is 0 Å². The van der Waals surface area contributed by atoms with E-state index in [-0.39, 0.29) is 11.2 Å². The van der Waals surface area contributed by atoms with Crippen molar-refractivity contribution in [3.05, 3.63) is 52.8 Å². The number of phenols is 1. The van der Waals surface area contributed by atoms with Crippen LogP contribution in [0.3, 0.4) is 0 Å². The van der Waals surface area contributed by atoms with E-state index < -0.39 is 17.0 Å². The summed E-state index contributed by atoms with van der Waals surface area (Å²) in [6, 6.07) is 9.30. The summed E-state index contributed by atoms with van der Waals surface area (Å²) in [7, 11) is 10.1. The summed E-state index contributed by atoms with van der Waals surface area (Å²) in [5.41, 5.74) is 3.20. The van der Waals surface area contributed by atoms with Crippen LogP contribution in [0.4, 0.5) is 4.39 Å². The van der Waals surface area contributed by atoms with Gasteiger partial charge in [-0.1, -0.05) is 47.9 Å². The molecule has 1 aliphatic heterocycles. The Kier molecular flexibility index (Phi) is 10.6. The predicted molar refractivity (Wildman–Crippen MR) is 126 cm³/mol. The first-order valence-corrected chi connectivity index (χ1v) is 15.5. The standard InChI is InChI=1S/C23H31FNOP.2ClH.Ti/c1-16-12-18(23(2,3)4)14-21(22(16)26)27-20-9-8-19(24)13-17(20)15-25-10-6-5-7-11-25;;;/h8-9,12-14,26-27H,5-7,10-11,15H2,1-4H3;2*1H;/q;;;+2/p-2. The summed E-state index contributed by atoms with van der Waals surface area (Å²) < 4.78 is 13.9. The monoisotopic (exact) mass is 505 g/mol. The fourth-order valence-electron chi connectivity index (χ4n) is 3.63. The van der Waals surface area contributed by atoms with Gasteiger partial charge in [0.1, 0.15) is 11.6 Å². The maximum absolute atomic E-state index is 13.9. The Hall–Kier alpha value is -0.146. The van der Waals surface area contributed by atoms with Crippen LogP contribution in [0.1, 0.15) is 56.7 Å². The van der Waals surface area contributed by atoms with E-state index in [4.69, 9.17) is 18.6 Å². The van der Waals surface area contributed by atoms with Crippen LogP contribution in [0.25, 0.3) is 0 Å². The van der Waals surface area contributed by atoms with Gasteiger partial charge in [-0.3, -0.25) is 4.90 Å². The molecular formula is C23H31Cl2FNOPTi. The molecular weight excluding hydrogens is 475 g/mol. The quantitative estimate of drug-likeness (QED) is 0.399. The van der Waals surface area contributed by atoms with E-state index >= 15 is 0 Å². The minimum atomic E-state index is -0.556. The molecule has 0 aliphatic carbocycles. The van der Waals surface area contributed by atoms with E-state index in [2.05, 4.69) is 37.8 Å². The van der Waals surface area contributed by atoms with E-state index in [0.29, 0.717) is 14.3 Å². The van der Waals surface area contributed by atoms with E-state index in [1.54, 1.807) is 12.1 Å². The Morgan fingerprint density at radius 1 is 1.07 bits per heavy atom. The van der Waals surface area contributed by atoms with Crippen LogP contribution in [0.2, 0.25) is 0 Å². The van der Waals surface area contributed by atoms with Gasteiger partial charge in [0.25, 0.3) is 0 Å². The average molecular weight is 506 g/mol. The number of phenolic OH excluding ortho intramolecular Hbond substituents is 1. The normalized spacial score (nSPS) is 15.2.